The largest absolute Gasteiger partial charge is 0.386 e. The van der Waals surface area contributed by atoms with Gasteiger partial charge in [-0.1, -0.05) is 18.2 Å². The maximum atomic E-state index is 10.3. The van der Waals surface area contributed by atoms with Crippen molar-refractivity contribution in [1.29, 1.82) is 5.41 Å². The van der Waals surface area contributed by atoms with Crippen molar-refractivity contribution in [3.05, 3.63) is 52.3 Å². The number of hydrogen-bond donors (Lipinski definition) is 2. The first-order chi connectivity index (χ1) is 9.72. The maximum Gasteiger partial charge on any atom is 0.203 e. The predicted octanol–water partition coefficient (Wildman–Crippen LogP) is 2.74. The maximum absolute atomic E-state index is 10.3. The molecule has 20 heavy (non-hydrogen) atoms. The standard InChI is InChI=1S/C15H17N3OS/c1-2-17-11-6-3-4-7-12(11)18(15(17)16)10-13(19)14-8-5-9-20-14/h3-9,13,16,19H,2,10H2,1H3/t13-/m0/s1. The average molecular weight is 287 g/mol. The normalized spacial score (nSPS) is 12.9. The summed E-state index contributed by atoms with van der Waals surface area (Å²) in [6.07, 6.45) is -0.569. The number of aryl methyl sites for hydroxylation is 1. The van der Waals surface area contributed by atoms with Gasteiger partial charge in [-0.15, -0.1) is 11.3 Å². The van der Waals surface area contributed by atoms with Crippen LogP contribution in [0.15, 0.2) is 41.8 Å². The topological polar surface area (TPSA) is 53.9 Å². The monoisotopic (exact) mass is 287 g/mol. The summed E-state index contributed by atoms with van der Waals surface area (Å²) < 4.78 is 3.83. The molecule has 0 aliphatic heterocycles. The molecule has 0 unspecified atom stereocenters. The van der Waals surface area contributed by atoms with Gasteiger partial charge in [-0.25, -0.2) is 0 Å². The molecule has 0 aliphatic carbocycles. The number of aromatic nitrogens is 2. The number of para-hydroxylation sites is 2. The Morgan fingerprint density at radius 3 is 2.45 bits per heavy atom. The van der Waals surface area contributed by atoms with Gasteiger partial charge >= 0.3 is 0 Å². The first-order valence-corrected chi connectivity index (χ1v) is 7.54. The lowest BCUT2D eigenvalue weighted by Gasteiger charge is -2.10. The van der Waals surface area contributed by atoms with Crippen LogP contribution in [0, 0.1) is 5.41 Å². The summed E-state index contributed by atoms with van der Waals surface area (Å²) in [6, 6.07) is 11.8. The Morgan fingerprint density at radius 1 is 1.15 bits per heavy atom. The molecule has 3 aromatic rings. The number of imidazole rings is 1. The van der Waals surface area contributed by atoms with Crippen molar-refractivity contribution in [2.24, 2.45) is 0 Å². The lowest BCUT2D eigenvalue weighted by molar-refractivity contribution is 0.159. The van der Waals surface area contributed by atoms with Gasteiger partial charge in [0.1, 0.15) is 6.10 Å². The van der Waals surface area contributed by atoms with Crippen LogP contribution in [0.3, 0.4) is 0 Å². The highest BCUT2D eigenvalue weighted by Crippen LogP contribution is 2.22. The van der Waals surface area contributed by atoms with Crippen LogP contribution >= 0.6 is 11.3 Å². The number of rotatable bonds is 4. The molecule has 4 nitrogen and oxygen atoms in total. The Hall–Kier alpha value is -1.85. The quantitative estimate of drug-likeness (QED) is 0.761. The fourth-order valence-corrected chi connectivity index (χ4v) is 3.25. The number of aliphatic hydroxyl groups excluding tert-OH is 1. The van der Waals surface area contributed by atoms with E-state index in [4.69, 9.17) is 5.41 Å². The molecule has 3 rings (SSSR count). The smallest absolute Gasteiger partial charge is 0.203 e. The third kappa shape index (κ3) is 2.09. The van der Waals surface area contributed by atoms with Crippen molar-refractivity contribution in [3.63, 3.8) is 0 Å². The van der Waals surface area contributed by atoms with E-state index in [1.807, 2.05) is 57.8 Å². The minimum atomic E-state index is -0.569. The van der Waals surface area contributed by atoms with E-state index in [2.05, 4.69) is 0 Å². The van der Waals surface area contributed by atoms with Crippen molar-refractivity contribution in [1.82, 2.24) is 9.13 Å². The van der Waals surface area contributed by atoms with Gasteiger partial charge in [-0.05, 0) is 30.5 Å². The van der Waals surface area contributed by atoms with Gasteiger partial charge in [0.25, 0.3) is 0 Å². The van der Waals surface area contributed by atoms with Crippen molar-refractivity contribution >= 4 is 22.4 Å². The van der Waals surface area contributed by atoms with E-state index in [0.717, 1.165) is 22.5 Å². The Labute approximate surface area is 121 Å². The Kier molecular flexibility index (Phi) is 3.46. The molecule has 0 saturated heterocycles. The Bertz CT molecular complexity index is 770. The lowest BCUT2D eigenvalue weighted by atomic mass is 10.2. The van der Waals surface area contributed by atoms with Crippen LogP contribution in [0.5, 0.6) is 0 Å². The minimum absolute atomic E-state index is 0.410. The van der Waals surface area contributed by atoms with Crippen molar-refractivity contribution in [2.45, 2.75) is 26.1 Å². The molecule has 2 heterocycles. The zero-order valence-electron chi connectivity index (χ0n) is 11.3. The van der Waals surface area contributed by atoms with Crippen LogP contribution < -0.4 is 5.62 Å². The fourth-order valence-electron chi connectivity index (χ4n) is 2.54. The van der Waals surface area contributed by atoms with E-state index < -0.39 is 6.10 Å². The molecule has 0 spiro atoms. The van der Waals surface area contributed by atoms with Crippen LogP contribution in [0.1, 0.15) is 17.9 Å². The molecule has 0 saturated carbocycles. The molecule has 0 amide bonds. The van der Waals surface area contributed by atoms with Gasteiger partial charge < -0.3 is 14.2 Å². The molecular formula is C15H17N3OS. The third-order valence-corrected chi connectivity index (χ3v) is 4.49. The molecule has 2 aromatic heterocycles. The zero-order chi connectivity index (χ0) is 14.1. The zero-order valence-corrected chi connectivity index (χ0v) is 12.1. The summed E-state index contributed by atoms with van der Waals surface area (Å²) in [7, 11) is 0. The van der Waals surface area contributed by atoms with Gasteiger partial charge in [-0.3, -0.25) is 5.41 Å². The second-order valence-electron chi connectivity index (χ2n) is 4.70. The number of nitrogens with zero attached hydrogens (tertiary/aromatic N) is 2. The first-order valence-electron chi connectivity index (χ1n) is 6.66. The highest BCUT2D eigenvalue weighted by molar-refractivity contribution is 7.10. The number of nitrogens with one attached hydrogen (secondary N) is 1. The highest BCUT2D eigenvalue weighted by Gasteiger charge is 2.14. The second-order valence-corrected chi connectivity index (χ2v) is 5.68. The van der Waals surface area contributed by atoms with Gasteiger partial charge in [-0.2, -0.15) is 0 Å². The molecule has 1 atom stereocenters. The fraction of sp³-hybridized carbons (Fsp3) is 0.267. The van der Waals surface area contributed by atoms with Crippen LogP contribution in [0.25, 0.3) is 11.0 Å². The molecule has 0 fully saturated rings. The van der Waals surface area contributed by atoms with Crippen molar-refractivity contribution in [2.75, 3.05) is 0 Å². The van der Waals surface area contributed by atoms with Crippen LogP contribution in [-0.4, -0.2) is 14.2 Å². The van der Waals surface area contributed by atoms with Crippen LogP contribution in [0.2, 0.25) is 0 Å². The Balaban J connectivity index is 2.08. The minimum Gasteiger partial charge on any atom is -0.386 e. The number of hydrogen-bond acceptors (Lipinski definition) is 3. The van der Waals surface area contributed by atoms with E-state index in [0.29, 0.717) is 12.2 Å². The number of aliphatic hydroxyl groups is 1. The molecule has 0 bridgehead atoms. The highest BCUT2D eigenvalue weighted by atomic mass is 32.1. The molecular weight excluding hydrogens is 270 g/mol. The predicted molar refractivity (Wildman–Crippen MR) is 80.7 cm³/mol. The molecule has 1 aromatic carbocycles. The van der Waals surface area contributed by atoms with E-state index in [1.54, 1.807) is 11.3 Å². The van der Waals surface area contributed by atoms with Crippen molar-refractivity contribution in [3.8, 4) is 0 Å². The van der Waals surface area contributed by atoms with E-state index in [1.165, 1.54) is 0 Å². The molecule has 2 N–H and O–H groups in total. The van der Waals surface area contributed by atoms with E-state index in [9.17, 15) is 5.11 Å². The van der Waals surface area contributed by atoms with Crippen LogP contribution in [-0.2, 0) is 13.1 Å². The van der Waals surface area contributed by atoms with Gasteiger partial charge in [0.05, 0.1) is 17.6 Å². The first kappa shape index (κ1) is 13.1. The van der Waals surface area contributed by atoms with E-state index >= 15 is 0 Å². The summed E-state index contributed by atoms with van der Waals surface area (Å²) in [5.41, 5.74) is 2.47. The summed E-state index contributed by atoms with van der Waals surface area (Å²) in [4.78, 5) is 0.935. The lowest BCUT2D eigenvalue weighted by Crippen LogP contribution is -2.26. The van der Waals surface area contributed by atoms with Crippen LogP contribution in [0.4, 0.5) is 0 Å². The molecule has 104 valence electrons. The summed E-state index contributed by atoms with van der Waals surface area (Å²) in [5, 5.41) is 20.6. The molecule has 0 aliphatic rings. The average Bonchev–Trinajstić information content (AvgIpc) is 3.07. The summed E-state index contributed by atoms with van der Waals surface area (Å²) >= 11 is 1.54. The number of fused-ring (bicyclic) bond motifs is 1. The molecule has 5 heteroatoms. The van der Waals surface area contributed by atoms with Gasteiger partial charge in [0.2, 0.25) is 5.62 Å². The second kappa shape index (κ2) is 5.26. The third-order valence-electron chi connectivity index (χ3n) is 3.52. The summed E-state index contributed by atoms with van der Waals surface area (Å²) in [6.45, 7) is 3.19. The van der Waals surface area contributed by atoms with Gasteiger partial charge in [0, 0.05) is 11.4 Å². The molecule has 0 radical (unpaired) electrons. The summed E-state index contributed by atoms with van der Waals surface area (Å²) in [5.74, 6) is 0. The van der Waals surface area contributed by atoms with Crippen molar-refractivity contribution < 1.29 is 5.11 Å². The Morgan fingerprint density at radius 2 is 1.85 bits per heavy atom. The number of thiophene rings is 1. The van der Waals surface area contributed by atoms with Gasteiger partial charge in [0.15, 0.2) is 0 Å². The number of benzene rings is 1. The SMILES string of the molecule is CCn1c(=N)n(C[C@H](O)c2cccs2)c2ccccc21. The van der Waals surface area contributed by atoms with E-state index in [-0.39, 0.29) is 0 Å².